The normalized spacial score (nSPS) is 18.2. The fourth-order valence-electron chi connectivity index (χ4n) is 5.56. The molecule has 11 nitrogen and oxygen atoms in total. The number of epoxide rings is 1. The topological polar surface area (TPSA) is 161 Å². The lowest BCUT2D eigenvalue weighted by Crippen LogP contribution is -2.29. The molecule has 0 bridgehead atoms. The zero-order valence-electron chi connectivity index (χ0n) is 33.1. The van der Waals surface area contributed by atoms with Crippen molar-refractivity contribution in [3.63, 3.8) is 0 Å². The summed E-state index contributed by atoms with van der Waals surface area (Å²) < 4.78 is 38.4. The van der Waals surface area contributed by atoms with Crippen molar-refractivity contribution in [1.29, 1.82) is 0 Å². The van der Waals surface area contributed by atoms with Crippen LogP contribution in [0.1, 0.15) is 156 Å². The summed E-state index contributed by atoms with van der Waals surface area (Å²) in [6.45, 7) is 4.55. The Balaban J connectivity index is 2.33. The van der Waals surface area contributed by atoms with E-state index in [0.717, 1.165) is 50.9 Å². The van der Waals surface area contributed by atoms with Gasteiger partial charge >= 0.3 is 19.8 Å². The maximum atomic E-state index is 12.6. The molecule has 0 aromatic carbocycles. The summed E-state index contributed by atoms with van der Waals surface area (Å²) >= 11 is 0. The van der Waals surface area contributed by atoms with E-state index in [1.807, 2.05) is 6.08 Å². The highest BCUT2D eigenvalue weighted by atomic mass is 31.2. The van der Waals surface area contributed by atoms with E-state index in [0.29, 0.717) is 19.3 Å². The number of hydrogen-bond donors (Lipinski definition) is 3. The van der Waals surface area contributed by atoms with Crippen LogP contribution < -0.4 is 0 Å². The average molecular weight is 773 g/mol. The first kappa shape index (κ1) is 49.2. The van der Waals surface area contributed by atoms with E-state index in [4.69, 9.17) is 23.8 Å². The molecule has 308 valence electrons. The Morgan fingerprint density at radius 1 is 0.717 bits per heavy atom. The summed E-state index contributed by atoms with van der Waals surface area (Å²) in [4.78, 5) is 34.9. The lowest BCUT2D eigenvalue weighted by molar-refractivity contribution is -0.161. The second kappa shape index (κ2) is 32.4. The lowest BCUT2D eigenvalue weighted by atomic mass is 10.0. The van der Waals surface area contributed by atoms with Gasteiger partial charge in [-0.15, -0.1) is 0 Å². The van der Waals surface area contributed by atoms with Crippen LogP contribution >= 0.6 is 7.82 Å². The average Bonchev–Trinajstić information content (AvgIpc) is 3.89. The predicted molar refractivity (Wildman–Crippen MR) is 209 cm³/mol. The Kier molecular flexibility index (Phi) is 30.1. The molecule has 1 aliphatic heterocycles. The minimum Gasteiger partial charge on any atom is -0.462 e. The SMILES string of the molecule is CCCCC/C=C\C/C=C\CC1OC1C/C=C\CCCC(=O)O[C@H](COC(=O)CCCCCCCCCCCC(C)C)COP(=O)(O)OC[C@@H](O)CO. The zero-order valence-corrected chi connectivity index (χ0v) is 34.0. The first-order chi connectivity index (χ1) is 25.6. The predicted octanol–water partition coefficient (Wildman–Crippen LogP) is 9.23. The van der Waals surface area contributed by atoms with E-state index in [1.54, 1.807) is 0 Å². The minimum absolute atomic E-state index is 0.100. The third kappa shape index (κ3) is 31.1. The standard InChI is InChI=1S/C41H73O11P/c1-4-5-6-7-8-10-14-17-22-27-38-39(52-38)28-23-19-20-25-30-41(45)51-37(34-50-53(46,47)49-32-36(43)31-42)33-48-40(44)29-24-18-15-12-9-11-13-16-21-26-35(2)3/h8,10,17,19,22-23,35-39,42-43H,4-7,9,11-16,18,20-21,24-34H2,1-3H3,(H,46,47)/b10-8-,22-17-,23-19-/t36-,37+,38?,39?/m0/s1. The number of aliphatic hydroxyl groups is 2. The van der Waals surface area contributed by atoms with Gasteiger partial charge in [0.05, 0.1) is 32.0 Å². The third-order valence-electron chi connectivity index (χ3n) is 8.88. The van der Waals surface area contributed by atoms with Gasteiger partial charge in [0, 0.05) is 12.8 Å². The van der Waals surface area contributed by atoms with Gasteiger partial charge in [0.1, 0.15) is 12.7 Å². The number of hydrogen-bond acceptors (Lipinski definition) is 10. The Hall–Kier alpha value is -1.85. The number of aliphatic hydroxyl groups excluding tert-OH is 2. The molecule has 53 heavy (non-hydrogen) atoms. The van der Waals surface area contributed by atoms with Gasteiger partial charge in [0.25, 0.3) is 0 Å². The molecule has 12 heteroatoms. The van der Waals surface area contributed by atoms with Crippen molar-refractivity contribution < 1.29 is 52.5 Å². The quantitative estimate of drug-likeness (QED) is 0.0183. The van der Waals surface area contributed by atoms with Gasteiger partial charge in [-0.25, -0.2) is 4.57 Å². The second-order valence-corrected chi connectivity index (χ2v) is 16.0. The van der Waals surface area contributed by atoms with Crippen molar-refractivity contribution in [3.8, 4) is 0 Å². The van der Waals surface area contributed by atoms with Crippen LogP contribution in [0.5, 0.6) is 0 Å². The number of carbonyl (C=O) groups is 2. The Morgan fingerprint density at radius 2 is 1.28 bits per heavy atom. The number of esters is 2. The Labute approximate surface area is 320 Å². The second-order valence-electron chi connectivity index (χ2n) is 14.5. The molecule has 0 aromatic rings. The number of phosphoric ester groups is 1. The van der Waals surface area contributed by atoms with E-state index < -0.39 is 51.8 Å². The Morgan fingerprint density at radius 3 is 1.94 bits per heavy atom. The highest BCUT2D eigenvalue weighted by Crippen LogP contribution is 2.43. The summed E-state index contributed by atoms with van der Waals surface area (Å²) in [5, 5.41) is 18.3. The molecule has 0 radical (unpaired) electrons. The molecule has 1 rings (SSSR count). The van der Waals surface area contributed by atoms with E-state index in [1.165, 1.54) is 57.8 Å². The number of ether oxygens (including phenoxy) is 3. The van der Waals surface area contributed by atoms with E-state index >= 15 is 0 Å². The first-order valence-electron chi connectivity index (χ1n) is 20.4. The number of unbranched alkanes of at least 4 members (excludes halogenated alkanes) is 12. The lowest BCUT2D eigenvalue weighted by Gasteiger charge is -2.20. The van der Waals surface area contributed by atoms with Gasteiger partial charge in [0.2, 0.25) is 0 Å². The number of carbonyl (C=O) groups excluding carboxylic acids is 2. The number of phosphoric acid groups is 1. The molecule has 1 saturated heterocycles. The fraction of sp³-hybridized carbons (Fsp3) is 0.805. The van der Waals surface area contributed by atoms with Crippen molar-refractivity contribution in [2.45, 2.75) is 180 Å². The molecule has 1 fully saturated rings. The van der Waals surface area contributed by atoms with Gasteiger partial charge in [-0.05, 0) is 57.3 Å². The van der Waals surface area contributed by atoms with Crippen molar-refractivity contribution >= 4 is 19.8 Å². The van der Waals surface area contributed by atoms with Crippen LogP contribution in [0.3, 0.4) is 0 Å². The van der Waals surface area contributed by atoms with Crippen LogP contribution in [0.25, 0.3) is 0 Å². The van der Waals surface area contributed by atoms with Crippen LogP contribution in [-0.4, -0.2) is 77.9 Å². The monoisotopic (exact) mass is 772 g/mol. The van der Waals surface area contributed by atoms with E-state index in [2.05, 4.69) is 55.7 Å². The molecule has 0 aromatic heterocycles. The fourth-order valence-corrected chi connectivity index (χ4v) is 6.35. The number of allylic oxidation sites excluding steroid dienone is 4. The third-order valence-corrected chi connectivity index (χ3v) is 9.83. The summed E-state index contributed by atoms with van der Waals surface area (Å²) in [6.07, 6.45) is 31.5. The van der Waals surface area contributed by atoms with E-state index in [-0.39, 0.29) is 31.7 Å². The summed E-state index contributed by atoms with van der Waals surface area (Å²) in [6, 6.07) is 0. The minimum atomic E-state index is -4.63. The molecular formula is C41H73O11P. The van der Waals surface area contributed by atoms with E-state index in [9.17, 15) is 24.2 Å². The molecule has 0 aliphatic carbocycles. The molecule has 3 unspecified atom stereocenters. The molecule has 3 N–H and O–H groups in total. The molecular weight excluding hydrogens is 699 g/mol. The summed E-state index contributed by atoms with van der Waals surface area (Å²) in [7, 11) is -4.63. The largest absolute Gasteiger partial charge is 0.472 e. The van der Waals surface area contributed by atoms with Crippen molar-refractivity contribution in [2.24, 2.45) is 5.92 Å². The van der Waals surface area contributed by atoms with Gasteiger partial charge in [-0.1, -0.05) is 128 Å². The maximum absolute atomic E-state index is 12.6. The molecule has 0 saturated carbocycles. The molecule has 1 heterocycles. The summed E-state index contributed by atoms with van der Waals surface area (Å²) in [5.74, 6) is -0.228. The van der Waals surface area contributed by atoms with Gasteiger partial charge in [-0.3, -0.25) is 18.6 Å². The van der Waals surface area contributed by atoms with Gasteiger partial charge < -0.3 is 29.3 Å². The Bertz CT molecular complexity index is 1060. The highest BCUT2D eigenvalue weighted by molar-refractivity contribution is 7.47. The first-order valence-corrected chi connectivity index (χ1v) is 21.9. The molecule has 0 spiro atoms. The van der Waals surface area contributed by atoms with Gasteiger partial charge in [0.15, 0.2) is 6.10 Å². The van der Waals surface area contributed by atoms with Crippen molar-refractivity contribution in [1.82, 2.24) is 0 Å². The maximum Gasteiger partial charge on any atom is 0.472 e. The molecule has 1 aliphatic rings. The number of rotatable bonds is 36. The van der Waals surface area contributed by atoms with Crippen LogP contribution in [0.4, 0.5) is 0 Å². The van der Waals surface area contributed by atoms with Crippen LogP contribution in [-0.2, 0) is 37.4 Å². The zero-order chi connectivity index (χ0) is 39.0. The molecule has 5 atom stereocenters. The summed E-state index contributed by atoms with van der Waals surface area (Å²) in [5.41, 5.74) is 0. The smallest absolute Gasteiger partial charge is 0.462 e. The highest BCUT2D eigenvalue weighted by Gasteiger charge is 2.36. The van der Waals surface area contributed by atoms with Crippen LogP contribution in [0.2, 0.25) is 0 Å². The molecule has 0 amide bonds. The van der Waals surface area contributed by atoms with Crippen LogP contribution in [0, 0.1) is 5.92 Å². The van der Waals surface area contributed by atoms with Gasteiger partial charge in [-0.2, -0.15) is 0 Å². The van der Waals surface area contributed by atoms with Crippen LogP contribution in [0.15, 0.2) is 36.5 Å². The van der Waals surface area contributed by atoms with Crippen molar-refractivity contribution in [2.75, 3.05) is 26.4 Å². The van der Waals surface area contributed by atoms with Crippen molar-refractivity contribution in [3.05, 3.63) is 36.5 Å².